The fraction of sp³-hybridized carbons (Fsp3) is 0.273. The molecule has 2 aromatic rings. The van der Waals surface area contributed by atoms with Gasteiger partial charge in [-0.2, -0.15) is 0 Å². The van der Waals surface area contributed by atoms with Crippen LogP contribution >= 0.6 is 0 Å². The molecule has 0 aliphatic heterocycles. The molecule has 8 nitrogen and oxygen atoms in total. The molecule has 0 radical (unpaired) electrons. The number of hydrogen-bond donors (Lipinski definition) is 6. The molecule has 3 unspecified atom stereocenters. The molecule has 31 heavy (non-hydrogen) atoms. The van der Waals surface area contributed by atoms with Gasteiger partial charge in [-0.25, -0.2) is 4.39 Å². The SMILES string of the molecule is CC1(O)Cc2c(O)c3c(c(O)c2C(O)C1O)C(=O)C=C(NCc1ccc(F)cc1)C3=O. The molecule has 0 fully saturated rings. The summed E-state index contributed by atoms with van der Waals surface area (Å²) >= 11 is 0. The van der Waals surface area contributed by atoms with Gasteiger partial charge in [-0.3, -0.25) is 9.59 Å². The highest BCUT2D eigenvalue weighted by atomic mass is 19.1. The van der Waals surface area contributed by atoms with E-state index in [4.69, 9.17) is 0 Å². The monoisotopic (exact) mass is 429 g/mol. The van der Waals surface area contributed by atoms with Crippen LogP contribution in [0.15, 0.2) is 36.0 Å². The van der Waals surface area contributed by atoms with Crippen molar-refractivity contribution in [2.24, 2.45) is 0 Å². The molecule has 0 heterocycles. The second kappa shape index (κ2) is 7.16. The number of phenolic OH excluding ortho intramolecular Hbond substituents is 2. The van der Waals surface area contributed by atoms with Crippen molar-refractivity contribution in [2.45, 2.75) is 37.7 Å². The summed E-state index contributed by atoms with van der Waals surface area (Å²) in [7, 11) is 0. The van der Waals surface area contributed by atoms with Crippen LogP contribution in [0.25, 0.3) is 0 Å². The molecule has 2 aliphatic carbocycles. The number of hydrogen-bond acceptors (Lipinski definition) is 8. The lowest BCUT2D eigenvalue weighted by Crippen LogP contribution is -2.48. The average molecular weight is 429 g/mol. The third-order valence-electron chi connectivity index (χ3n) is 5.75. The minimum absolute atomic E-state index is 0.0950. The van der Waals surface area contributed by atoms with Crippen molar-refractivity contribution in [1.29, 1.82) is 0 Å². The number of halogens is 1. The number of carbonyl (C=O) groups excluding carboxylic acids is 2. The fourth-order valence-electron chi connectivity index (χ4n) is 4.05. The zero-order chi connectivity index (χ0) is 22.7. The Kier molecular flexibility index (Phi) is 4.84. The first-order valence-corrected chi connectivity index (χ1v) is 9.51. The topological polar surface area (TPSA) is 147 Å². The maximum absolute atomic E-state index is 13.1. The Balaban J connectivity index is 1.75. The van der Waals surface area contributed by atoms with Gasteiger partial charge in [0.25, 0.3) is 0 Å². The summed E-state index contributed by atoms with van der Waals surface area (Å²) in [6.45, 7) is 1.33. The van der Waals surface area contributed by atoms with E-state index in [2.05, 4.69) is 5.32 Å². The molecule has 6 N–H and O–H groups in total. The van der Waals surface area contributed by atoms with Crippen LogP contribution < -0.4 is 5.32 Å². The molecule has 2 aliphatic rings. The summed E-state index contributed by atoms with van der Waals surface area (Å²) in [6.07, 6.45) is -2.86. The number of Topliss-reactive ketones (excluding diaryl/α,β-unsaturated/α-hetero) is 1. The highest BCUT2D eigenvalue weighted by Crippen LogP contribution is 2.49. The molecule has 0 saturated carbocycles. The van der Waals surface area contributed by atoms with Gasteiger partial charge in [-0.05, 0) is 24.6 Å². The van der Waals surface area contributed by atoms with Crippen LogP contribution in [-0.2, 0) is 13.0 Å². The lowest BCUT2D eigenvalue weighted by atomic mass is 9.73. The summed E-state index contributed by atoms with van der Waals surface area (Å²) in [5.41, 5.74) is -2.71. The van der Waals surface area contributed by atoms with Gasteiger partial charge >= 0.3 is 0 Å². The van der Waals surface area contributed by atoms with Gasteiger partial charge in [0, 0.05) is 30.2 Å². The molecule has 0 bridgehead atoms. The Morgan fingerprint density at radius 3 is 2.39 bits per heavy atom. The zero-order valence-corrected chi connectivity index (χ0v) is 16.4. The molecule has 0 saturated heterocycles. The van der Waals surface area contributed by atoms with E-state index in [1.54, 1.807) is 0 Å². The third kappa shape index (κ3) is 3.27. The van der Waals surface area contributed by atoms with Crippen LogP contribution in [0, 0.1) is 5.82 Å². The highest BCUT2D eigenvalue weighted by Gasteiger charge is 2.47. The van der Waals surface area contributed by atoms with Gasteiger partial charge in [0.2, 0.25) is 5.78 Å². The van der Waals surface area contributed by atoms with E-state index in [0.717, 1.165) is 6.08 Å². The van der Waals surface area contributed by atoms with E-state index in [1.807, 2.05) is 0 Å². The number of rotatable bonds is 3. The quantitative estimate of drug-likeness (QED) is 0.396. The van der Waals surface area contributed by atoms with Crippen LogP contribution in [0.5, 0.6) is 11.5 Å². The number of aliphatic hydroxyl groups excluding tert-OH is 2. The number of aromatic hydroxyl groups is 2. The summed E-state index contributed by atoms with van der Waals surface area (Å²) in [5.74, 6) is -3.36. The van der Waals surface area contributed by atoms with Crippen molar-refractivity contribution in [1.82, 2.24) is 5.32 Å². The van der Waals surface area contributed by atoms with Crippen molar-refractivity contribution in [3.8, 4) is 11.5 Å². The number of benzene rings is 2. The fourth-order valence-corrected chi connectivity index (χ4v) is 4.05. The lowest BCUT2D eigenvalue weighted by molar-refractivity contribution is -0.126. The van der Waals surface area contributed by atoms with Crippen molar-refractivity contribution in [3.63, 3.8) is 0 Å². The Morgan fingerprint density at radius 1 is 1.10 bits per heavy atom. The Morgan fingerprint density at radius 2 is 1.74 bits per heavy atom. The molecular weight excluding hydrogens is 409 g/mol. The van der Waals surface area contributed by atoms with Crippen molar-refractivity contribution in [2.75, 3.05) is 0 Å². The average Bonchev–Trinajstić information content (AvgIpc) is 2.71. The van der Waals surface area contributed by atoms with E-state index in [1.165, 1.54) is 31.2 Å². The minimum Gasteiger partial charge on any atom is -0.507 e. The summed E-state index contributed by atoms with van der Waals surface area (Å²) in [5, 5.41) is 55.1. The first kappa shape index (κ1) is 21.0. The van der Waals surface area contributed by atoms with Crippen molar-refractivity contribution in [3.05, 3.63) is 69.7 Å². The predicted molar refractivity (Wildman–Crippen MR) is 105 cm³/mol. The largest absolute Gasteiger partial charge is 0.507 e. The number of phenols is 2. The van der Waals surface area contributed by atoms with Gasteiger partial charge in [-0.15, -0.1) is 0 Å². The van der Waals surface area contributed by atoms with Crippen LogP contribution in [0.1, 0.15) is 50.4 Å². The Labute approximate surface area is 175 Å². The first-order chi connectivity index (χ1) is 14.5. The summed E-state index contributed by atoms with van der Waals surface area (Å²) in [4.78, 5) is 25.7. The van der Waals surface area contributed by atoms with Crippen LogP contribution in [0.2, 0.25) is 0 Å². The van der Waals surface area contributed by atoms with Gasteiger partial charge in [0.05, 0.1) is 22.4 Å². The second-order valence-corrected chi connectivity index (χ2v) is 7.99. The number of fused-ring (bicyclic) bond motifs is 2. The smallest absolute Gasteiger partial charge is 0.213 e. The van der Waals surface area contributed by atoms with Gasteiger partial charge < -0.3 is 30.8 Å². The molecule has 0 aromatic heterocycles. The number of allylic oxidation sites excluding steroid dienone is 2. The molecular formula is C22H20FNO7. The Hall–Kier alpha value is -3.27. The highest BCUT2D eigenvalue weighted by molar-refractivity contribution is 6.26. The normalized spacial score (nSPS) is 25.0. The van der Waals surface area contributed by atoms with Crippen LogP contribution in [0.3, 0.4) is 0 Å². The van der Waals surface area contributed by atoms with Crippen molar-refractivity contribution >= 4 is 11.6 Å². The van der Waals surface area contributed by atoms with E-state index >= 15 is 0 Å². The standard InChI is InChI=1S/C22H20FNO7/c1-22(31)7-11-14(20(29)21(22)30)19(28)15-13(25)6-12(18(27)16(15)17(11)26)24-8-9-2-4-10(23)5-3-9/h2-6,20-21,24,26,28-31H,7-8H2,1H3. The lowest BCUT2D eigenvalue weighted by Gasteiger charge is -2.39. The third-order valence-corrected chi connectivity index (χ3v) is 5.75. The number of carbonyl (C=O) groups is 2. The maximum atomic E-state index is 13.1. The molecule has 0 amide bonds. The van der Waals surface area contributed by atoms with E-state index in [9.17, 15) is 39.5 Å². The predicted octanol–water partition coefficient (Wildman–Crippen LogP) is 0.991. The molecule has 3 atom stereocenters. The molecule has 0 spiro atoms. The van der Waals surface area contributed by atoms with Gasteiger partial charge in [0.15, 0.2) is 5.78 Å². The Bertz CT molecular complexity index is 1140. The second-order valence-electron chi connectivity index (χ2n) is 7.99. The number of nitrogens with one attached hydrogen (secondary N) is 1. The first-order valence-electron chi connectivity index (χ1n) is 9.51. The molecule has 2 aromatic carbocycles. The molecule has 162 valence electrons. The van der Waals surface area contributed by atoms with Gasteiger partial charge in [-0.1, -0.05) is 12.1 Å². The maximum Gasteiger partial charge on any atom is 0.213 e. The van der Waals surface area contributed by atoms with E-state index < -0.39 is 57.8 Å². The number of aliphatic hydroxyl groups is 3. The molecule has 4 rings (SSSR count). The summed E-state index contributed by atoms with van der Waals surface area (Å²) in [6, 6.07) is 5.49. The van der Waals surface area contributed by atoms with E-state index in [-0.39, 0.29) is 29.8 Å². The summed E-state index contributed by atoms with van der Waals surface area (Å²) < 4.78 is 13.1. The molecule has 9 heteroatoms. The van der Waals surface area contributed by atoms with Crippen LogP contribution in [0.4, 0.5) is 4.39 Å². The zero-order valence-electron chi connectivity index (χ0n) is 16.4. The van der Waals surface area contributed by atoms with Crippen LogP contribution in [-0.4, -0.2) is 48.8 Å². The van der Waals surface area contributed by atoms with Crippen molar-refractivity contribution < 1.29 is 39.5 Å². The minimum atomic E-state index is -1.84. The number of ketones is 2. The van der Waals surface area contributed by atoms with E-state index in [0.29, 0.717) is 5.56 Å². The van der Waals surface area contributed by atoms with Gasteiger partial charge in [0.1, 0.15) is 29.5 Å².